The highest BCUT2D eigenvalue weighted by atomic mass is 16.6. The molecule has 1 aromatic heterocycles. The van der Waals surface area contributed by atoms with Crippen LogP contribution in [0.2, 0.25) is 0 Å². The molecule has 0 aliphatic carbocycles. The average Bonchev–Trinajstić information content (AvgIpc) is 3.69. The number of imide groups is 1. The van der Waals surface area contributed by atoms with Crippen LogP contribution in [0.4, 0.5) is 10.5 Å². The number of ether oxygens (including phenoxy) is 3. The van der Waals surface area contributed by atoms with E-state index in [0.29, 0.717) is 17.5 Å². The van der Waals surface area contributed by atoms with Crippen molar-refractivity contribution in [2.75, 3.05) is 31.8 Å². The fourth-order valence-corrected chi connectivity index (χ4v) is 8.75. The number of anilines is 1. The summed E-state index contributed by atoms with van der Waals surface area (Å²) in [5.74, 6) is -3.41. The number of phenols is 1. The van der Waals surface area contributed by atoms with Crippen molar-refractivity contribution in [3.05, 3.63) is 162 Å². The predicted molar refractivity (Wildman–Crippen MR) is 204 cm³/mol. The largest absolute Gasteiger partial charge is 0.508 e. The lowest BCUT2D eigenvalue weighted by atomic mass is 9.65. The number of fused-ring (bicyclic) bond motifs is 3. The fourth-order valence-electron chi connectivity index (χ4n) is 8.75. The fraction of sp³-hybridized carbons (Fsp3) is 0.250. The molecule has 56 heavy (non-hydrogen) atoms. The van der Waals surface area contributed by atoms with E-state index < -0.39 is 59.4 Å². The van der Waals surface area contributed by atoms with Gasteiger partial charge >= 0.3 is 12.1 Å². The molecule has 3 aliphatic heterocycles. The first-order chi connectivity index (χ1) is 27.4. The average molecular weight is 753 g/mol. The van der Waals surface area contributed by atoms with Gasteiger partial charge < -0.3 is 24.6 Å². The standard InChI is InChI=1S/C44H40N4O8/c1-54-26-27-55-43(53)47-34-18-9-8-17-33(34)44(42(47)52)35(40(50)46-25-23-31-16-10-11-24-45-31)37-41(51)56-38(29-14-6-3-7-15-29)36(28-12-4-2-5-13-28)48(37)39(44)30-19-21-32(49)22-20-30/h2-22,24,35-39,49H,23,25-27H2,1H3,(H,46,50)/t35-,36-,37-,38+,39+,44-/m1/s1. The van der Waals surface area contributed by atoms with Crippen LogP contribution in [0.1, 0.15) is 46.1 Å². The minimum absolute atomic E-state index is 0.0116. The molecule has 3 amide bonds. The van der Waals surface area contributed by atoms with Gasteiger partial charge in [-0.2, -0.15) is 0 Å². The number of benzene rings is 4. The zero-order valence-electron chi connectivity index (χ0n) is 30.6. The molecule has 5 aromatic rings. The van der Waals surface area contributed by atoms with Gasteiger partial charge in [0.2, 0.25) is 11.8 Å². The number of nitrogens with one attached hydrogen (secondary N) is 1. The second kappa shape index (κ2) is 15.4. The molecule has 2 N–H and O–H groups in total. The maximum absolute atomic E-state index is 15.7. The topological polar surface area (TPSA) is 148 Å². The first-order valence-corrected chi connectivity index (χ1v) is 18.5. The zero-order chi connectivity index (χ0) is 38.8. The highest BCUT2D eigenvalue weighted by Gasteiger charge is 2.75. The number of aromatic nitrogens is 1. The van der Waals surface area contributed by atoms with Crippen LogP contribution >= 0.6 is 0 Å². The van der Waals surface area contributed by atoms with E-state index in [9.17, 15) is 14.7 Å². The van der Waals surface area contributed by atoms with E-state index in [1.165, 1.54) is 19.2 Å². The molecular formula is C44H40N4O8. The molecule has 6 atom stereocenters. The monoisotopic (exact) mass is 752 g/mol. The predicted octanol–water partition coefficient (Wildman–Crippen LogP) is 5.59. The number of para-hydroxylation sites is 1. The van der Waals surface area contributed by atoms with Gasteiger partial charge in [-0.1, -0.05) is 97.1 Å². The molecule has 0 unspecified atom stereocenters. The molecule has 2 saturated heterocycles. The van der Waals surface area contributed by atoms with Crippen LogP contribution < -0.4 is 10.2 Å². The van der Waals surface area contributed by atoms with Crippen molar-refractivity contribution < 1.29 is 38.5 Å². The van der Waals surface area contributed by atoms with E-state index >= 15 is 9.59 Å². The highest BCUT2D eigenvalue weighted by Crippen LogP contribution is 2.65. The Balaban J connectivity index is 1.37. The molecule has 4 heterocycles. The van der Waals surface area contributed by atoms with Crippen molar-refractivity contribution in [1.29, 1.82) is 0 Å². The molecule has 12 nitrogen and oxygen atoms in total. The second-order valence-electron chi connectivity index (χ2n) is 14.0. The number of nitrogens with zero attached hydrogens (tertiary/aromatic N) is 3. The summed E-state index contributed by atoms with van der Waals surface area (Å²) >= 11 is 0. The lowest BCUT2D eigenvalue weighted by Crippen LogP contribution is -2.56. The Morgan fingerprint density at radius 3 is 2.18 bits per heavy atom. The van der Waals surface area contributed by atoms with Gasteiger partial charge in [-0.25, -0.2) is 9.69 Å². The van der Waals surface area contributed by atoms with E-state index in [-0.39, 0.29) is 31.2 Å². The number of cyclic esters (lactones) is 1. The van der Waals surface area contributed by atoms with Gasteiger partial charge in [0.15, 0.2) is 0 Å². The van der Waals surface area contributed by atoms with E-state index in [2.05, 4.69) is 10.3 Å². The van der Waals surface area contributed by atoms with Gasteiger partial charge in [0.05, 0.1) is 30.3 Å². The first kappa shape index (κ1) is 36.6. The minimum Gasteiger partial charge on any atom is -0.508 e. The molecule has 1 spiro atoms. The van der Waals surface area contributed by atoms with E-state index in [4.69, 9.17) is 14.2 Å². The number of carbonyl (C=O) groups is 4. The molecule has 3 aliphatic rings. The number of morpholine rings is 1. The van der Waals surface area contributed by atoms with Gasteiger partial charge in [-0.3, -0.25) is 24.3 Å². The molecule has 284 valence electrons. The Morgan fingerprint density at radius 2 is 1.48 bits per heavy atom. The molecule has 2 fully saturated rings. The third-order valence-electron chi connectivity index (χ3n) is 11.0. The van der Waals surface area contributed by atoms with Crippen molar-refractivity contribution in [3.63, 3.8) is 0 Å². The lowest BCUT2D eigenvalue weighted by molar-refractivity contribution is -0.178. The lowest BCUT2D eigenvalue weighted by Gasteiger charge is -2.46. The summed E-state index contributed by atoms with van der Waals surface area (Å²) < 4.78 is 17.1. The molecule has 0 bridgehead atoms. The Morgan fingerprint density at radius 1 is 0.804 bits per heavy atom. The summed E-state index contributed by atoms with van der Waals surface area (Å²) in [5.41, 5.74) is 1.51. The van der Waals surface area contributed by atoms with Gasteiger partial charge in [0.1, 0.15) is 29.9 Å². The van der Waals surface area contributed by atoms with Crippen molar-refractivity contribution in [3.8, 4) is 5.75 Å². The van der Waals surface area contributed by atoms with Crippen molar-refractivity contribution in [2.45, 2.75) is 36.1 Å². The molecular weight excluding hydrogens is 713 g/mol. The summed E-state index contributed by atoms with van der Waals surface area (Å²) in [6.07, 6.45) is 0.261. The normalized spacial score (nSPS) is 24.0. The van der Waals surface area contributed by atoms with Gasteiger partial charge in [-0.15, -0.1) is 0 Å². The van der Waals surface area contributed by atoms with Crippen LogP contribution in [0.3, 0.4) is 0 Å². The number of carbonyl (C=O) groups excluding carboxylic acids is 4. The quantitative estimate of drug-likeness (QED) is 0.137. The number of esters is 1. The molecule has 12 heteroatoms. The summed E-state index contributed by atoms with van der Waals surface area (Å²) in [7, 11) is 1.47. The first-order valence-electron chi connectivity index (χ1n) is 18.5. The SMILES string of the molecule is COCCOC(=O)N1C(=O)[C@@]2(c3ccccc31)[C@H](c1ccc(O)cc1)N1[C@H](c3ccccc3)[C@H](c3ccccc3)OC(=O)[C@H]1[C@@H]2C(=O)NCCc1ccccn1. The zero-order valence-corrected chi connectivity index (χ0v) is 30.6. The number of amides is 3. The third kappa shape index (κ3) is 6.16. The number of hydrogen-bond acceptors (Lipinski definition) is 10. The van der Waals surface area contributed by atoms with Crippen molar-refractivity contribution in [2.24, 2.45) is 5.92 Å². The van der Waals surface area contributed by atoms with Crippen LogP contribution in [0.5, 0.6) is 5.75 Å². The number of rotatable bonds is 10. The van der Waals surface area contributed by atoms with Crippen LogP contribution in [-0.4, -0.2) is 71.8 Å². The number of phenolic OH excluding ortho intramolecular Hbond substituents is 1. The Kier molecular flexibility index (Phi) is 10.1. The summed E-state index contributed by atoms with van der Waals surface area (Å²) in [6.45, 7) is 0.129. The van der Waals surface area contributed by atoms with E-state index in [1.54, 1.807) is 48.7 Å². The third-order valence-corrected chi connectivity index (χ3v) is 11.0. The second-order valence-corrected chi connectivity index (χ2v) is 14.0. The molecule has 8 rings (SSSR count). The van der Waals surface area contributed by atoms with Crippen molar-refractivity contribution >= 4 is 29.6 Å². The van der Waals surface area contributed by atoms with Crippen LogP contribution in [0.15, 0.2) is 134 Å². The molecule has 0 saturated carbocycles. The molecule has 4 aromatic carbocycles. The van der Waals surface area contributed by atoms with Crippen LogP contribution in [0.25, 0.3) is 0 Å². The number of pyridine rings is 1. The van der Waals surface area contributed by atoms with Gasteiger partial charge in [-0.05, 0) is 52.6 Å². The summed E-state index contributed by atoms with van der Waals surface area (Å²) in [6, 6.07) is 34.5. The number of aromatic hydroxyl groups is 1. The number of hydrogen-bond donors (Lipinski definition) is 2. The van der Waals surface area contributed by atoms with E-state index in [1.807, 2.05) is 77.7 Å². The smallest absolute Gasteiger partial charge is 0.421 e. The van der Waals surface area contributed by atoms with E-state index in [0.717, 1.165) is 21.7 Å². The Labute approximate surface area is 323 Å². The minimum atomic E-state index is -1.88. The Bertz CT molecular complexity index is 2220. The van der Waals surface area contributed by atoms with Crippen LogP contribution in [-0.2, 0) is 40.4 Å². The Hall–Kier alpha value is -6.37. The van der Waals surface area contributed by atoms with Gasteiger partial charge in [0.25, 0.3) is 0 Å². The van der Waals surface area contributed by atoms with Gasteiger partial charge in [0, 0.05) is 32.0 Å². The maximum Gasteiger partial charge on any atom is 0.421 e. The maximum atomic E-state index is 15.7. The molecule has 0 radical (unpaired) electrons. The summed E-state index contributed by atoms with van der Waals surface area (Å²) in [5, 5.41) is 13.5. The van der Waals surface area contributed by atoms with Crippen LogP contribution in [0, 0.1) is 5.92 Å². The summed E-state index contributed by atoms with van der Waals surface area (Å²) in [4.78, 5) is 67.1. The van der Waals surface area contributed by atoms with Crippen molar-refractivity contribution in [1.82, 2.24) is 15.2 Å². The number of methoxy groups -OCH3 is 1. The highest BCUT2D eigenvalue weighted by molar-refractivity contribution is 6.23.